The number of benzene rings is 2. The number of fused-ring (bicyclic) bond motifs is 2. The molecule has 4 aromatic heterocycles. The minimum Gasteiger partial charge on any atom is -0.492 e. The Hall–Kier alpha value is -4.50. The fourth-order valence-electron chi connectivity index (χ4n) is 4.36. The zero-order valence-corrected chi connectivity index (χ0v) is 19.8. The van der Waals surface area contributed by atoms with Crippen molar-refractivity contribution in [1.82, 2.24) is 35.3 Å². The highest BCUT2D eigenvalue weighted by Crippen LogP contribution is 2.36. The first-order chi connectivity index (χ1) is 17.5. The fourth-order valence-corrected chi connectivity index (χ4v) is 4.36. The quantitative estimate of drug-likeness (QED) is 0.290. The van der Waals surface area contributed by atoms with E-state index in [1.54, 1.807) is 12.4 Å². The summed E-state index contributed by atoms with van der Waals surface area (Å²) in [6.07, 6.45) is 5.37. The van der Waals surface area contributed by atoms with Gasteiger partial charge in [-0.05, 0) is 55.6 Å². The molecule has 180 valence electrons. The molecule has 0 atom stereocenters. The summed E-state index contributed by atoms with van der Waals surface area (Å²) in [6.45, 7) is 1.23. The van der Waals surface area contributed by atoms with Crippen molar-refractivity contribution in [2.75, 3.05) is 27.2 Å². The summed E-state index contributed by atoms with van der Waals surface area (Å²) < 4.78 is 20.3. The SMILES string of the molecule is CN(C)CCOc1cc(F)cc(-c2cccc3[nH]c(-c4[nH]nc5ncc(-c6cn[nH]c6)cc45)cc23)c1. The second kappa shape index (κ2) is 8.94. The van der Waals surface area contributed by atoms with Gasteiger partial charge in [0.05, 0.1) is 17.6 Å². The Bertz CT molecular complexity index is 1670. The van der Waals surface area contributed by atoms with Crippen LogP contribution >= 0.6 is 0 Å². The van der Waals surface area contributed by atoms with Gasteiger partial charge >= 0.3 is 0 Å². The van der Waals surface area contributed by atoms with Crippen molar-refractivity contribution in [2.24, 2.45) is 0 Å². The van der Waals surface area contributed by atoms with Crippen LogP contribution in [0.2, 0.25) is 0 Å². The molecule has 36 heavy (non-hydrogen) atoms. The first-order valence-corrected chi connectivity index (χ1v) is 11.6. The number of likely N-dealkylation sites (N-methyl/N-ethyl adjacent to an activating group) is 1. The van der Waals surface area contributed by atoms with Crippen LogP contribution in [-0.4, -0.2) is 62.5 Å². The summed E-state index contributed by atoms with van der Waals surface area (Å²) in [6, 6.07) is 14.9. The number of H-pyrrole nitrogens is 3. The Morgan fingerprint density at radius 1 is 0.972 bits per heavy atom. The third-order valence-corrected chi connectivity index (χ3v) is 6.16. The highest BCUT2D eigenvalue weighted by molar-refractivity contribution is 6.01. The Kier molecular flexibility index (Phi) is 5.46. The molecule has 0 aliphatic heterocycles. The third kappa shape index (κ3) is 4.09. The van der Waals surface area contributed by atoms with Crippen molar-refractivity contribution in [3.63, 3.8) is 0 Å². The van der Waals surface area contributed by atoms with E-state index in [1.807, 2.05) is 55.5 Å². The van der Waals surface area contributed by atoms with Crippen LogP contribution in [-0.2, 0) is 0 Å². The maximum Gasteiger partial charge on any atom is 0.181 e. The van der Waals surface area contributed by atoms with Crippen LogP contribution in [0.5, 0.6) is 5.75 Å². The lowest BCUT2D eigenvalue weighted by Gasteiger charge is -2.12. The lowest BCUT2D eigenvalue weighted by molar-refractivity contribution is 0.260. The summed E-state index contributed by atoms with van der Waals surface area (Å²) in [5.41, 5.74) is 6.81. The second-order valence-electron chi connectivity index (χ2n) is 8.96. The average Bonchev–Trinajstić information content (AvgIpc) is 3.62. The zero-order valence-electron chi connectivity index (χ0n) is 19.8. The van der Waals surface area contributed by atoms with E-state index in [0.29, 0.717) is 18.0 Å². The highest BCUT2D eigenvalue weighted by Gasteiger charge is 2.15. The minimum absolute atomic E-state index is 0.336. The Morgan fingerprint density at radius 2 is 1.89 bits per heavy atom. The Morgan fingerprint density at radius 3 is 2.72 bits per heavy atom. The molecule has 4 heterocycles. The van der Waals surface area contributed by atoms with E-state index < -0.39 is 0 Å². The predicted molar refractivity (Wildman–Crippen MR) is 138 cm³/mol. The molecule has 8 nitrogen and oxygen atoms in total. The number of rotatable bonds is 7. The molecule has 6 aromatic rings. The van der Waals surface area contributed by atoms with E-state index >= 15 is 0 Å². The second-order valence-corrected chi connectivity index (χ2v) is 8.96. The summed E-state index contributed by atoms with van der Waals surface area (Å²) in [7, 11) is 3.95. The molecule has 0 saturated heterocycles. The van der Waals surface area contributed by atoms with Crippen LogP contribution in [0.4, 0.5) is 4.39 Å². The van der Waals surface area contributed by atoms with Gasteiger partial charge in [-0.2, -0.15) is 10.2 Å². The molecule has 0 aliphatic carbocycles. The van der Waals surface area contributed by atoms with Crippen LogP contribution in [0.15, 0.2) is 67.1 Å². The molecule has 0 amide bonds. The van der Waals surface area contributed by atoms with E-state index in [-0.39, 0.29) is 5.82 Å². The van der Waals surface area contributed by atoms with Crippen molar-refractivity contribution in [1.29, 1.82) is 0 Å². The smallest absolute Gasteiger partial charge is 0.181 e. The molecule has 0 aliphatic rings. The van der Waals surface area contributed by atoms with Crippen LogP contribution in [0, 0.1) is 5.82 Å². The van der Waals surface area contributed by atoms with E-state index in [2.05, 4.69) is 36.4 Å². The number of aromatic nitrogens is 6. The molecule has 9 heteroatoms. The number of nitrogens with zero attached hydrogens (tertiary/aromatic N) is 4. The average molecular weight is 482 g/mol. The van der Waals surface area contributed by atoms with E-state index in [9.17, 15) is 4.39 Å². The van der Waals surface area contributed by atoms with E-state index in [1.165, 1.54) is 12.1 Å². The molecule has 2 aromatic carbocycles. The lowest BCUT2D eigenvalue weighted by Crippen LogP contribution is -2.19. The first kappa shape index (κ1) is 22.0. The van der Waals surface area contributed by atoms with E-state index in [0.717, 1.165) is 56.5 Å². The largest absolute Gasteiger partial charge is 0.492 e. The number of aromatic amines is 3. The van der Waals surface area contributed by atoms with Gasteiger partial charge in [0.2, 0.25) is 0 Å². The molecule has 0 bridgehead atoms. The van der Waals surface area contributed by atoms with Gasteiger partial charge in [0.25, 0.3) is 0 Å². The molecule has 0 saturated carbocycles. The monoisotopic (exact) mass is 481 g/mol. The van der Waals surface area contributed by atoms with Gasteiger partial charge in [-0.25, -0.2) is 9.37 Å². The maximum absolute atomic E-state index is 14.5. The summed E-state index contributed by atoms with van der Waals surface area (Å²) in [5.74, 6) is 0.176. The molecular weight excluding hydrogens is 457 g/mol. The number of nitrogens with one attached hydrogen (secondary N) is 3. The predicted octanol–water partition coefficient (Wildman–Crippen LogP) is 5.24. The van der Waals surface area contributed by atoms with Gasteiger partial charge in [-0.1, -0.05) is 12.1 Å². The fraction of sp³-hybridized carbons (Fsp3) is 0.148. The molecule has 3 N–H and O–H groups in total. The van der Waals surface area contributed by atoms with Crippen molar-refractivity contribution >= 4 is 21.9 Å². The third-order valence-electron chi connectivity index (χ3n) is 6.16. The lowest BCUT2D eigenvalue weighted by atomic mass is 10.0. The summed E-state index contributed by atoms with van der Waals surface area (Å²) in [5, 5.41) is 16.2. The highest BCUT2D eigenvalue weighted by atomic mass is 19.1. The molecule has 0 spiro atoms. The number of hydrogen-bond donors (Lipinski definition) is 3. The number of ether oxygens (including phenoxy) is 1. The van der Waals surface area contributed by atoms with Crippen LogP contribution < -0.4 is 4.74 Å². The molecule has 6 rings (SSSR count). The summed E-state index contributed by atoms with van der Waals surface area (Å²) >= 11 is 0. The van der Waals surface area contributed by atoms with Crippen molar-refractivity contribution in [3.05, 3.63) is 72.9 Å². The van der Waals surface area contributed by atoms with Gasteiger partial charge in [-0.15, -0.1) is 0 Å². The molecule has 0 fully saturated rings. The standard InChI is InChI=1S/C27H24FN7O/c1-35(2)6-7-36-20-9-16(8-19(28)11-20)21-4-3-5-24-22(21)12-25(32-24)26-23-10-17(18-14-30-31-15-18)13-29-27(23)34-33-26/h3-5,8-15,32H,6-7H2,1-2H3,(H,30,31)(H,29,33,34). The van der Waals surface area contributed by atoms with Gasteiger partial charge in [0.1, 0.15) is 18.2 Å². The molecule has 0 unspecified atom stereocenters. The zero-order chi connectivity index (χ0) is 24.6. The Labute approximate surface area is 206 Å². The van der Waals surface area contributed by atoms with Crippen molar-refractivity contribution in [2.45, 2.75) is 0 Å². The van der Waals surface area contributed by atoms with Crippen molar-refractivity contribution in [3.8, 4) is 39.4 Å². The summed E-state index contributed by atoms with van der Waals surface area (Å²) in [4.78, 5) is 10.0. The number of pyridine rings is 1. The molecular formula is C27H24FN7O. The topological polar surface area (TPSA) is 98.5 Å². The number of halogens is 1. The number of hydrogen-bond acceptors (Lipinski definition) is 5. The van der Waals surface area contributed by atoms with Gasteiger partial charge in [0.15, 0.2) is 5.65 Å². The van der Waals surface area contributed by atoms with Gasteiger partial charge in [-0.3, -0.25) is 10.2 Å². The van der Waals surface area contributed by atoms with Gasteiger partial charge < -0.3 is 14.6 Å². The minimum atomic E-state index is -0.336. The van der Waals surface area contributed by atoms with Crippen LogP contribution in [0.1, 0.15) is 0 Å². The van der Waals surface area contributed by atoms with Gasteiger partial charge in [0, 0.05) is 52.4 Å². The van der Waals surface area contributed by atoms with Crippen molar-refractivity contribution < 1.29 is 9.13 Å². The normalized spacial score (nSPS) is 11.7. The Balaban J connectivity index is 1.41. The molecule has 0 radical (unpaired) electrons. The maximum atomic E-state index is 14.5. The van der Waals surface area contributed by atoms with Crippen LogP contribution in [0.25, 0.3) is 55.6 Å². The van der Waals surface area contributed by atoms with E-state index in [4.69, 9.17) is 4.74 Å². The van der Waals surface area contributed by atoms with Crippen LogP contribution in [0.3, 0.4) is 0 Å². The first-order valence-electron chi connectivity index (χ1n) is 11.6.